The van der Waals surface area contributed by atoms with E-state index in [1.165, 1.54) is 26.1 Å². The Morgan fingerprint density at radius 1 is 1.17 bits per heavy atom. The van der Waals surface area contributed by atoms with Gasteiger partial charge in [-0.3, -0.25) is 9.58 Å². The van der Waals surface area contributed by atoms with Crippen molar-refractivity contribution >= 4 is 16.9 Å². The third-order valence-corrected chi connectivity index (χ3v) is 5.29. The standard InChI is InChI=1S/C17H27N7/c1-11(2)15-20-16(14-8-18-23(4)17(14)21-15)19-12-7-13-10-22(3)5-6-24(13)9-12/h8,11-13H,5-7,9-10H2,1-4H3,(H,19,20,21)/t12-,13-/m0/s1. The second-order valence-corrected chi connectivity index (χ2v) is 7.58. The van der Waals surface area contributed by atoms with Crippen LogP contribution in [0.5, 0.6) is 0 Å². The molecule has 0 aromatic carbocycles. The van der Waals surface area contributed by atoms with Crippen molar-refractivity contribution in [2.45, 2.75) is 38.3 Å². The van der Waals surface area contributed by atoms with E-state index in [1.807, 2.05) is 17.9 Å². The van der Waals surface area contributed by atoms with Crippen LogP contribution in [0.15, 0.2) is 6.20 Å². The van der Waals surface area contributed by atoms with Crippen LogP contribution in [-0.4, -0.2) is 74.9 Å². The van der Waals surface area contributed by atoms with Gasteiger partial charge < -0.3 is 10.2 Å². The molecule has 130 valence electrons. The predicted molar refractivity (Wildman–Crippen MR) is 95.3 cm³/mol. The Hall–Kier alpha value is -1.73. The molecule has 24 heavy (non-hydrogen) atoms. The van der Waals surface area contributed by atoms with Gasteiger partial charge in [0.2, 0.25) is 0 Å². The number of nitrogens with one attached hydrogen (secondary N) is 1. The van der Waals surface area contributed by atoms with Crippen molar-refractivity contribution < 1.29 is 0 Å². The van der Waals surface area contributed by atoms with Crippen molar-refractivity contribution in [1.29, 1.82) is 0 Å². The summed E-state index contributed by atoms with van der Waals surface area (Å²) >= 11 is 0. The molecule has 0 aliphatic carbocycles. The number of fused-ring (bicyclic) bond motifs is 2. The summed E-state index contributed by atoms with van der Waals surface area (Å²) in [6, 6.07) is 1.11. The summed E-state index contributed by atoms with van der Waals surface area (Å²) in [7, 11) is 4.16. The molecule has 0 saturated carbocycles. The maximum atomic E-state index is 4.81. The molecule has 2 atom stereocenters. The van der Waals surface area contributed by atoms with Gasteiger partial charge in [-0.25, -0.2) is 9.97 Å². The molecule has 4 heterocycles. The highest BCUT2D eigenvalue weighted by atomic mass is 15.3. The zero-order valence-corrected chi connectivity index (χ0v) is 15.0. The van der Waals surface area contributed by atoms with E-state index < -0.39 is 0 Å². The molecule has 2 fully saturated rings. The Morgan fingerprint density at radius 3 is 2.79 bits per heavy atom. The monoisotopic (exact) mass is 329 g/mol. The Kier molecular flexibility index (Phi) is 3.92. The lowest BCUT2D eigenvalue weighted by molar-refractivity contribution is 0.124. The van der Waals surface area contributed by atoms with Gasteiger partial charge >= 0.3 is 0 Å². The average Bonchev–Trinajstić information content (AvgIpc) is 3.10. The van der Waals surface area contributed by atoms with Crippen molar-refractivity contribution in [3.8, 4) is 0 Å². The van der Waals surface area contributed by atoms with E-state index in [-0.39, 0.29) is 0 Å². The Bertz CT molecular complexity index is 738. The van der Waals surface area contributed by atoms with E-state index in [4.69, 9.17) is 4.98 Å². The van der Waals surface area contributed by atoms with E-state index in [1.54, 1.807) is 0 Å². The van der Waals surface area contributed by atoms with Gasteiger partial charge in [-0.1, -0.05) is 13.8 Å². The smallest absolute Gasteiger partial charge is 0.163 e. The van der Waals surface area contributed by atoms with Crippen molar-refractivity contribution in [1.82, 2.24) is 29.5 Å². The highest BCUT2D eigenvalue weighted by Crippen LogP contribution is 2.27. The van der Waals surface area contributed by atoms with Crippen LogP contribution in [0.25, 0.3) is 11.0 Å². The minimum atomic E-state index is 0.299. The molecular formula is C17H27N7. The zero-order valence-electron chi connectivity index (χ0n) is 15.0. The quantitative estimate of drug-likeness (QED) is 0.915. The fourth-order valence-electron chi connectivity index (χ4n) is 3.90. The first-order valence-electron chi connectivity index (χ1n) is 8.90. The number of nitrogens with zero attached hydrogens (tertiary/aromatic N) is 6. The van der Waals surface area contributed by atoms with Crippen molar-refractivity contribution in [3.05, 3.63) is 12.0 Å². The van der Waals surface area contributed by atoms with Gasteiger partial charge in [0.1, 0.15) is 11.6 Å². The second-order valence-electron chi connectivity index (χ2n) is 7.58. The van der Waals surface area contributed by atoms with Crippen LogP contribution < -0.4 is 5.32 Å². The van der Waals surface area contributed by atoms with Crippen LogP contribution in [0, 0.1) is 0 Å². The van der Waals surface area contributed by atoms with E-state index in [2.05, 4.69) is 46.1 Å². The molecule has 0 unspecified atom stereocenters. The van der Waals surface area contributed by atoms with E-state index in [9.17, 15) is 0 Å². The summed E-state index contributed by atoms with van der Waals surface area (Å²) in [4.78, 5) is 14.5. The van der Waals surface area contributed by atoms with Gasteiger partial charge in [0, 0.05) is 51.2 Å². The second kappa shape index (κ2) is 5.97. The van der Waals surface area contributed by atoms with E-state index in [0.29, 0.717) is 18.0 Å². The minimum absolute atomic E-state index is 0.299. The molecule has 4 rings (SSSR count). The maximum Gasteiger partial charge on any atom is 0.163 e. The predicted octanol–water partition coefficient (Wildman–Crippen LogP) is 1.29. The molecule has 0 radical (unpaired) electrons. The largest absolute Gasteiger partial charge is 0.365 e. The summed E-state index contributed by atoms with van der Waals surface area (Å²) in [6.45, 7) is 8.87. The molecular weight excluding hydrogens is 302 g/mol. The summed E-state index contributed by atoms with van der Waals surface area (Å²) in [5, 5.41) is 9.09. The van der Waals surface area contributed by atoms with E-state index >= 15 is 0 Å². The van der Waals surface area contributed by atoms with Crippen LogP contribution in [-0.2, 0) is 7.05 Å². The summed E-state index contributed by atoms with van der Waals surface area (Å²) in [5.74, 6) is 2.12. The first-order chi connectivity index (χ1) is 11.5. The van der Waals surface area contributed by atoms with Gasteiger partial charge in [-0.15, -0.1) is 0 Å². The Balaban J connectivity index is 1.60. The molecule has 0 bridgehead atoms. The number of rotatable bonds is 3. The SMILES string of the molecule is CC(C)c1nc(N[C@H]2C[C@H]3CN(C)CCN3C2)c2cnn(C)c2n1. The number of aryl methyl sites for hydroxylation is 1. The molecule has 2 aliphatic rings. The lowest BCUT2D eigenvalue weighted by atomic mass is 10.1. The molecule has 1 N–H and O–H groups in total. The topological polar surface area (TPSA) is 62.1 Å². The van der Waals surface area contributed by atoms with Gasteiger partial charge in [-0.2, -0.15) is 5.10 Å². The molecule has 0 spiro atoms. The average molecular weight is 329 g/mol. The first kappa shape index (κ1) is 15.8. The molecule has 0 amide bonds. The van der Waals surface area contributed by atoms with Gasteiger partial charge in [0.25, 0.3) is 0 Å². The number of piperazine rings is 1. The van der Waals surface area contributed by atoms with Crippen LogP contribution in [0.3, 0.4) is 0 Å². The fourth-order valence-corrected chi connectivity index (χ4v) is 3.90. The fraction of sp³-hybridized carbons (Fsp3) is 0.706. The number of aromatic nitrogens is 4. The number of anilines is 1. The van der Waals surface area contributed by atoms with Gasteiger partial charge in [-0.05, 0) is 13.5 Å². The maximum absolute atomic E-state index is 4.81. The van der Waals surface area contributed by atoms with Crippen LogP contribution in [0.4, 0.5) is 5.82 Å². The number of hydrogen-bond donors (Lipinski definition) is 1. The normalized spacial score (nSPS) is 25.5. The molecule has 2 saturated heterocycles. The molecule has 2 aromatic rings. The molecule has 7 heteroatoms. The van der Waals surface area contributed by atoms with Crippen LogP contribution in [0.2, 0.25) is 0 Å². The van der Waals surface area contributed by atoms with Crippen molar-refractivity contribution in [2.75, 3.05) is 38.5 Å². The van der Waals surface area contributed by atoms with E-state index in [0.717, 1.165) is 29.2 Å². The van der Waals surface area contributed by atoms with Crippen molar-refractivity contribution in [2.24, 2.45) is 7.05 Å². The Labute approximate surface area is 143 Å². The number of hydrogen-bond acceptors (Lipinski definition) is 6. The molecule has 2 aromatic heterocycles. The lowest BCUT2D eigenvalue weighted by Crippen LogP contribution is -2.48. The molecule has 7 nitrogen and oxygen atoms in total. The highest BCUT2D eigenvalue weighted by molar-refractivity contribution is 5.86. The lowest BCUT2D eigenvalue weighted by Gasteiger charge is -2.34. The number of likely N-dealkylation sites (N-methyl/N-ethyl adjacent to an activating group) is 1. The van der Waals surface area contributed by atoms with Crippen LogP contribution >= 0.6 is 0 Å². The van der Waals surface area contributed by atoms with Gasteiger partial charge in [0.15, 0.2) is 5.65 Å². The van der Waals surface area contributed by atoms with Crippen molar-refractivity contribution in [3.63, 3.8) is 0 Å². The zero-order chi connectivity index (χ0) is 16.8. The summed E-state index contributed by atoms with van der Waals surface area (Å²) < 4.78 is 1.83. The summed E-state index contributed by atoms with van der Waals surface area (Å²) in [6.07, 6.45) is 3.05. The molecule has 2 aliphatic heterocycles. The highest BCUT2D eigenvalue weighted by Gasteiger charge is 2.35. The first-order valence-corrected chi connectivity index (χ1v) is 8.90. The Morgan fingerprint density at radius 2 is 2.00 bits per heavy atom. The van der Waals surface area contributed by atoms with Gasteiger partial charge in [0.05, 0.1) is 11.6 Å². The third kappa shape index (κ3) is 2.75. The minimum Gasteiger partial charge on any atom is -0.365 e. The summed E-state index contributed by atoms with van der Waals surface area (Å²) in [5.41, 5.74) is 0.909. The van der Waals surface area contributed by atoms with Crippen LogP contribution in [0.1, 0.15) is 32.0 Å². The third-order valence-electron chi connectivity index (χ3n) is 5.29.